The normalized spacial score (nSPS) is 19.6. The van der Waals surface area contributed by atoms with E-state index in [1.165, 1.54) is 10.5 Å². The van der Waals surface area contributed by atoms with E-state index in [2.05, 4.69) is 4.18 Å². The molecule has 0 N–H and O–H groups in total. The summed E-state index contributed by atoms with van der Waals surface area (Å²) in [5.74, 6) is -0.0389. The first kappa shape index (κ1) is 15.0. The summed E-state index contributed by atoms with van der Waals surface area (Å²) < 4.78 is 26.5. The zero-order chi connectivity index (χ0) is 14.6. The third kappa shape index (κ3) is 4.31. The molecule has 1 aromatic rings. The first-order valence-electron chi connectivity index (χ1n) is 6.63. The lowest BCUT2D eigenvalue weighted by Gasteiger charge is -2.15. The second kappa shape index (κ2) is 6.37. The zero-order valence-corrected chi connectivity index (χ0v) is 12.3. The largest absolute Gasteiger partial charge is 0.318 e. The molecular weight excluding hydrogens is 278 g/mol. The van der Waals surface area contributed by atoms with Crippen LogP contribution in [-0.4, -0.2) is 38.8 Å². The Labute approximate surface area is 119 Å². The van der Waals surface area contributed by atoms with Gasteiger partial charge in [-0.15, -0.1) is 0 Å². The van der Waals surface area contributed by atoms with Crippen molar-refractivity contribution in [1.82, 2.24) is 4.90 Å². The summed E-state index contributed by atoms with van der Waals surface area (Å²) in [4.78, 5) is 13.6. The van der Waals surface area contributed by atoms with E-state index in [9.17, 15) is 13.2 Å². The molecule has 2 rings (SSSR count). The van der Waals surface area contributed by atoms with E-state index in [0.29, 0.717) is 6.54 Å². The number of carbonyl (C=O) groups excluding carboxylic acids is 1. The molecule has 1 aliphatic heterocycles. The summed E-state index contributed by atoms with van der Waals surface area (Å²) in [6.45, 7) is 0.396. The van der Waals surface area contributed by atoms with E-state index in [-0.39, 0.29) is 18.6 Å². The smallest absolute Gasteiger partial charge is 0.266 e. The fourth-order valence-corrected chi connectivity index (χ4v) is 2.66. The fourth-order valence-electron chi connectivity index (χ4n) is 2.34. The monoisotopic (exact) mass is 297 g/mol. The minimum atomic E-state index is -3.50. The predicted molar refractivity (Wildman–Crippen MR) is 75.4 cm³/mol. The lowest BCUT2D eigenvalue weighted by Crippen LogP contribution is -2.31. The Balaban J connectivity index is 1.82. The van der Waals surface area contributed by atoms with Crippen molar-refractivity contribution in [2.45, 2.75) is 19.3 Å². The Kier molecular flexibility index (Phi) is 4.77. The molecule has 1 aliphatic rings. The summed E-state index contributed by atoms with van der Waals surface area (Å²) in [5, 5.41) is 0. The van der Waals surface area contributed by atoms with Crippen LogP contribution in [0, 0.1) is 5.92 Å². The number of hydrogen-bond donors (Lipinski definition) is 0. The molecule has 20 heavy (non-hydrogen) atoms. The van der Waals surface area contributed by atoms with Crippen molar-refractivity contribution in [3.8, 4) is 0 Å². The number of aryl methyl sites for hydroxylation is 1. The summed E-state index contributed by atoms with van der Waals surface area (Å²) in [7, 11) is -3.50. The molecule has 1 saturated heterocycles. The second-order valence-corrected chi connectivity index (χ2v) is 6.71. The van der Waals surface area contributed by atoms with Crippen LogP contribution < -0.4 is 0 Å². The maximum atomic E-state index is 12.1. The van der Waals surface area contributed by atoms with Crippen LogP contribution in [0.15, 0.2) is 30.3 Å². The highest BCUT2D eigenvalue weighted by Crippen LogP contribution is 2.23. The van der Waals surface area contributed by atoms with Crippen LogP contribution >= 0.6 is 0 Å². The van der Waals surface area contributed by atoms with Gasteiger partial charge in [-0.25, -0.2) is 4.18 Å². The highest BCUT2D eigenvalue weighted by atomic mass is 32.2. The van der Waals surface area contributed by atoms with Crippen LogP contribution in [0.5, 0.6) is 0 Å². The lowest BCUT2D eigenvalue weighted by molar-refractivity contribution is -0.133. The Morgan fingerprint density at radius 2 is 2.00 bits per heavy atom. The summed E-state index contributed by atoms with van der Waals surface area (Å²) in [6.07, 6.45) is 3.40. The molecule has 0 aromatic heterocycles. The number of carbonyl (C=O) groups is 1. The third-order valence-corrected chi connectivity index (χ3v) is 3.99. The Morgan fingerprint density at radius 3 is 2.65 bits per heavy atom. The van der Waals surface area contributed by atoms with Gasteiger partial charge in [-0.05, 0) is 24.8 Å². The van der Waals surface area contributed by atoms with E-state index in [1.54, 1.807) is 0 Å². The number of rotatable bonds is 6. The van der Waals surface area contributed by atoms with Crippen molar-refractivity contribution in [2.75, 3.05) is 19.5 Å². The van der Waals surface area contributed by atoms with Gasteiger partial charge in [0.05, 0.1) is 6.26 Å². The molecule has 1 fully saturated rings. The molecule has 0 saturated carbocycles. The molecule has 0 aliphatic carbocycles. The number of nitrogens with zero attached hydrogens (tertiary/aromatic N) is 1. The molecule has 1 atom stereocenters. The van der Waals surface area contributed by atoms with Crippen molar-refractivity contribution in [2.24, 2.45) is 5.92 Å². The minimum Gasteiger partial charge on any atom is -0.318 e. The molecule has 0 spiro atoms. The highest BCUT2D eigenvalue weighted by Gasteiger charge is 2.31. The van der Waals surface area contributed by atoms with Gasteiger partial charge in [0, 0.05) is 12.5 Å². The van der Waals surface area contributed by atoms with Crippen molar-refractivity contribution in [1.29, 1.82) is 0 Å². The van der Waals surface area contributed by atoms with Gasteiger partial charge in [0.15, 0.2) is 0 Å². The van der Waals surface area contributed by atoms with Crippen molar-refractivity contribution in [3.63, 3.8) is 0 Å². The van der Waals surface area contributed by atoms with Crippen LogP contribution in [0.2, 0.25) is 0 Å². The summed E-state index contributed by atoms with van der Waals surface area (Å²) >= 11 is 0. The predicted octanol–water partition coefficient (Wildman–Crippen LogP) is 1.40. The average molecular weight is 297 g/mol. The molecule has 5 nitrogen and oxygen atoms in total. The third-order valence-electron chi connectivity index (χ3n) is 3.46. The van der Waals surface area contributed by atoms with Gasteiger partial charge in [0.25, 0.3) is 10.1 Å². The van der Waals surface area contributed by atoms with E-state index in [4.69, 9.17) is 0 Å². The summed E-state index contributed by atoms with van der Waals surface area (Å²) in [5.41, 5.74) is 1.21. The number of likely N-dealkylation sites (tertiary alicyclic amines) is 1. The maximum absolute atomic E-state index is 12.1. The van der Waals surface area contributed by atoms with Crippen molar-refractivity contribution < 1.29 is 17.4 Å². The number of hydrogen-bond acceptors (Lipinski definition) is 4. The van der Waals surface area contributed by atoms with Gasteiger partial charge >= 0.3 is 0 Å². The molecule has 1 amide bonds. The molecule has 0 radical (unpaired) electrons. The average Bonchev–Trinajstić information content (AvgIpc) is 2.75. The molecule has 1 aromatic carbocycles. The van der Waals surface area contributed by atoms with Crippen molar-refractivity contribution >= 4 is 16.0 Å². The van der Waals surface area contributed by atoms with E-state index in [0.717, 1.165) is 25.5 Å². The van der Waals surface area contributed by atoms with Gasteiger partial charge in [-0.1, -0.05) is 30.3 Å². The first-order valence-corrected chi connectivity index (χ1v) is 8.44. The van der Waals surface area contributed by atoms with E-state index >= 15 is 0 Å². The quantitative estimate of drug-likeness (QED) is 0.745. The fraction of sp³-hybridized carbons (Fsp3) is 0.500. The van der Waals surface area contributed by atoms with Crippen LogP contribution in [0.3, 0.4) is 0 Å². The van der Waals surface area contributed by atoms with E-state index < -0.39 is 10.1 Å². The highest BCUT2D eigenvalue weighted by molar-refractivity contribution is 7.85. The first-order chi connectivity index (χ1) is 9.46. The topological polar surface area (TPSA) is 63.7 Å². The van der Waals surface area contributed by atoms with Gasteiger partial charge in [-0.2, -0.15) is 8.42 Å². The second-order valence-electron chi connectivity index (χ2n) is 5.06. The van der Waals surface area contributed by atoms with Gasteiger partial charge in [0.2, 0.25) is 5.91 Å². The van der Waals surface area contributed by atoms with Gasteiger partial charge < -0.3 is 4.90 Å². The molecular formula is C14H19NO4S. The molecule has 0 unspecified atom stereocenters. The Bertz CT molecular complexity index is 556. The lowest BCUT2D eigenvalue weighted by atomic mass is 9.98. The van der Waals surface area contributed by atoms with Crippen LogP contribution in [-0.2, 0) is 25.5 Å². The summed E-state index contributed by atoms with van der Waals surface area (Å²) in [6, 6.07) is 10.0. The van der Waals surface area contributed by atoms with Crippen LogP contribution in [0.4, 0.5) is 0 Å². The SMILES string of the molecule is CS(=O)(=O)OCN1CC[C@@H](CCc2ccccc2)C1=O. The number of amides is 1. The van der Waals surface area contributed by atoms with Crippen molar-refractivity contribution in [3.05, 3.63) is 35.9 Å². The Morgan fingerprint density at radius 1 is 1.30 bits per heavy atom. The maximum Gasteiger partial charge on any atom is 0.266 e. The van der Waals surface area contributed by atoms with E-state index in [1.807, 2.05) is 30.3 Å². The molecule has 110 valence electrons. The zero-order valence-electron chi connectivity index (χ0n) is 11.5. The molecule has 0 bridgehead atoms. The molecule has 1 heterocycles. The van der Waals surface area contributed by atoms with Crippen LogP contribution in [0.25, 0.3) is 0 Å². The Hall–Kier alpha value is -1.40. The van der Waals surface area contributed by atoms with Gasteiger partial charge in [0.1, 0.15) is 6.73 Å². The standard InChI is InChI=1S/C14H19NO4S/c1-20(17,18)19-11-15-10-9-13(14(15)16)8-7-12-5-3-2-4-6-12/h2-6,13H,7-11H2,1H3/t13-/m1/s1. The number of benzene rings is 1. The minimum absolute atomic E-state index is 0.00965. The van der Waals surface area contributed by atoms with Crippen LogP contribution in [0.1, 0.15) is 18.4 Å². The van der Waals surface area contributed by atoms with Gasteiger partial charge in [-0.3, -0.25) is 4.79 Å². The molecule has 6 heteroatoms.